The van der Waals surface area contributed by atoms with Crippen molar-refractivity contribution >= 4 is 30.0 Å². The first-order valence-electron chi connectivity index (χ1n) is 10.2. The van der Waals surface area contributed by atoms with Gasteiger partial charge < -0.3 is 10.2 Å². The normalized spacial score (nSPS) is 10.8. The highest BCUT2D eigenvalue weighted by Crippen LogP contribution is 2.25. The van der Waals surface area contributed by atoms with Gasteiger partial charge in [0.1, 0.15) is 5.76 Å². The Morgan fingerprint density at radius 1 is 1.03 bits per heavy atom. The fourth-order valence-corrected chi connectivity index (χ4v) is 3.24. The molecule has 3 aromatic rings. The second kappa shape index (κ2) is 14.3. The summed E-state index contributed by atoms with van der Waals surface area (Å²) in [5, 5.41) is 0. The summed E-state index contributed by atoms with van der Waals surface area (Å²) >= 11 is 0. The smallest absolute Gasteiger partial charge is 0.428 e. The molecule has 180 valence electrons. The average molecular weight is 497 g/mol. The van der Waals surface area contributed by atoms with Gasteiger partial charge in [0, 0.05) is 10.3 Å². The minimum atomic E-state index is -3.70. The van der Waals surface area contributed by atoms with E-state index in [1.54, 1.807) is 38.1 Å². The van der Waals surface area contributed by atoms with Crippen molar-refractivity contribution in [3.8, 4) is 5.75 Å². The number of rotatable bonds is 7. The maximum absolute atomic E-state index is 12.0. The Bertz CT molecular complexity index is 1070. The number of aryl methyl sites for hydroxylation is 2. The first kappa shape index (κ1) is 28.1. The van der Waals surface area contributed by atoms with Crippen LogP contribution in [-0.4, -0.2) is 20.5 Å². The lowest BCUT2D eigenvalue weighted by Gasteiger charge is -2.04. The Morgan fingerprint density at radius 2 is 1.61 bits per heavy atom. The van der Waals surface area contributed by atoms with Gasteiger partial charge in [0.25, 0.3) is 10.0 Å². The lowest BCUT2D eigenvalue weighted by atomic mass is 10.3. The molecular weight excluding hydrogens is 465 g/mol. The summed E-state index contributed by atoms with van der Waals surface area (Å²) in [4.78, 5) is 4.06. The standard InChI is InChI=1S/C11H13N3O3S.C7H8O3P.C4H10/c1-7-8(2)17-11(13-7)14-18(15,16)10-5-3-9(12)4-6-10;1-9-11(8)10-7-5-3-2-4-6-7;1-3-4-2/h3-6H,12H2,1-2H3,(H,13,14);2-6H,1H3;3-4H2,1-2H3/q;+1;. The number of hydrogen-bond acceptors (Lipinski definition) is 8. The van der Waals surface area contributed by atoms with Crippen molar-refractivity contribution in [2.75, 3.05) is 17.6 Å². The SMILES string of the molecule is CCCC.CO[P+](=O)Oc1ccccc1.Cc1nc(NS(=O)(=O)c2ccc(N)cc2)oc1C. The third-order valence-electron chi connectivity index (χ3n) is 4.01. The quantitative estimate of drug-likeness (QED) is 0.307. The molecule has 3 rings (SSSR count). The van der Waals surface area contributed by atoms with Gasteiger partial charge in [-0.15, -0.1) is 4.52 Å². The largest absolute Gasteiger partial charge is 0.749 e. The number of hydrogen-bond donors (Lipinski definition) is 2. The summed E-state index contributed by atoms with van der Waals surface area (Å²) in [6.07, 6.45) is 2.64. The van der Waals surface area contributed by atoms with Crippen LogP contribution in [0, 0.1) is 13.8 Å². The van der Waals surface area contributed by atoms with Gasteiger partial charge in [0.05, 0.1) is 17.7 Å². The Hall–Kier alpha value is -2.94. The lowest BCUT2D eigenvalue weighted by Crippen LogP contribution is -2.13. The Morgan fingerprint density at radius 3 is 2.06 bits per heavy atom. The predicted molar refractivity (Wildman–Crippen MR) is 130 cm³/mol. The van der Waals surface area contributed by atoms with Crippen molar-refractivity contribution in [1.29, 1.82) is 0 Å². The lowest BCUT2D eigenvalue weighted by molar-refractivity contribution is 0.349. The zero-order chi connectivity index (χ0) is 24.9. The van der Waals surface area contributed by atoms with Crippen LogP contribution >= 0.6 is 8.25 Å². The first-order chi connectivity index (χ1) is 15.6. The van der Waals surface area contributed by atoms with Crippen LogP contribution in [0.25, 0.3) is 0 Å². The molecule has 2 aromatic carbocycles. The van der Waals surface area contributed by atoms with E-state index in [1.807, 2.05) is 6.07 Å². The Labute approximate surface area is 196 Å². The predicted octanol–water partition coefficient (Wildman–Crippen LogP) is 5.85. The molecule has 0 amide bonds. The van der Waals surface area contributed by atoms with Gasteiger partial charge in [-0.1, -0.05) is 44.9 Å². The Kier molecular flexibility index (Phi) is 12.1. The number of anilines is 2. The van der Waals surface area contributed by atoms with Crippen LogP contribution in [0.15, 0.2) is 63.9 Å². The number of nitrogens with two attached hydrogens (primary N) is 1. The summed E-state index contributed by atoms with van der Waals surface area (Å²) in [5.74, 6) is 1.13. The van der Waals surface area contributed by atoms with Gasteiger partial charge in [0.15, 0.2) is 5.75 Å². The van der Waals surface area contributed by atoms with Crippen molar-refractivity contribution in [3.63, 3.8) is 0 Å². The van der Waals surface area contributed by atoms with Crippen molar-refractivity contribution in [2.24, 2.45) is 0 Å². The van der Waals surface area contributed by atoms with E-state index < -0.39 is 18.3 Å². The molecule has 1 heterocycles. The van der Waals surface area contributed by atoms with Gasteiger partial charge in [-0.3, -0.25) is 0 Å². The van der Waals surface area contributed by atoms with E-state index in [0.717, 1.165) is 0 Å². The fraction of sp³-hybridized carbons (Fsp3) is 0.318. The molecule has 0 saturated heterocycles. The van der Waals surface area contributed by atoms with Crippen LogP contribution in [0.4, 0.5) is 11.7 Å². The van der Waals surface area contributed by atoms with Crippen LogP contribution in [0.5, 0.6) is 5.75 Å². The van der Waals surface area contributed by atoms with Gasteiger partial charge in [-0.05, 0) is 50.2 Å². The molecule has 33 heavy (non-hydrogen) atoms. The molecule has 0 radical (unpaired) electrons. The van der Waals surface area contributed by atoms with Crippen LogP contribution in [0.2, 0.25) is 0 Å². The van der Waals surface area contributed by atoms with E-state index in [4.69, 9.17) is 14.7 Å². The number of sulfonamides is 1. The molecule has 11 heteroatoms. The van der Waals surface area contributed by atoms with Crippen molar-refractivity contribution in [2.45, 2.75) is 45.4 Å². The number of nitrogens with zero attached hydrogens (tertiary/aromatic N) is 1. The maximum Gasteiger partial charge on any atom is 0.749 e. The molecule has 1 unspecified atom stereocenters. The summed E-state index contributed by atoms with van der Waals surface area (Å²) in [7, 11) is -4.36. The second-order valence-corrected chi connectivity index (χ2v) is 9.32. The van der Waals surface area contributed by atoms with Gasteiger partial charge in [-0.25, -0.2) is 17.7 Å². The van der Waals surface area contributed by atoms with Crippen molar-refractivity contribution in [3.05, 3.63) is 66.1 Å². The number of oxazole rings is 1. The first-order valence-corrected chi connectivity index (χ1v) is 12.8. The number of benzene rings is 2. The maximum atomic E-state index is 12.0. The van der Waals surface area contributed by atoms with Crippen molar-refractivity contribution < 1.29 is 26.4 Å². The average Bonchev–Trinajstić information content (AvgIpc) is 3.11. The molecule has 1 atom stereocenters. The Balaban J connectivity index is 0.000000309. The molecular formula is C22H31N3O6PS+. The minimum Gasteiger partial charge on any atom is -0.428 e. The van der Waals surface area contributed by atoms with Crippen LogP contribution in [-0.2, 0) is 19.1 Å². The molecule has 0 spiro atoms. The van der Waals surface area contributed by atoms with E-state index in [-0.39, 0.29) is 10.9 Å². The van der Waals surface area contributed by atoms with Crippen molar-refractivity contribution in [1.82, 2.24) is 4.98 Å². The highest BCUT2D eigenvalue weighted by Gasteiger charge is 2.18. The number of unbranched alkanes of at least 4 members (excludes halogenated alkanes) is 1. The van der Waals surface area contributed by atoms with Crippen LogP contribution in [0.1, 0.15) is 38.1 Å². The third-order valence-corrected chi connectivity index (χ3v) is 6.01. The molecule has 0 saturated carbocycles. The summed E-state index contributed by atoms with van der Waals surface area (Å²) in [6.45, 7) is 7.81. The highest BCUT2D eigenvalue weighted by molar-refractivity contribution is 7.92. The fourth-order valence-electron chi connectivity index (χ4n) is 1.94. The molecule has 0 bridgehead atoms. The molecule has 0 aliphatic heterocycles. The molecule has 1 aromatic heterocycles. The number of para-hydroxylation sites is 1. The molecule has 3 N–H and O–H groups in total. The topological polar surface area (TPSA) is 134 Å². The molecule has 0 aliphatic rings. The minimum absolute atomic E-state index is 0.0400. The zero-order valence-corrected chi connectivity index (χ0v) is 21.2. The van der Waals surface area contributed by atoms with Crippen LogP contribution in [0.3, 0.4) is 0 Å². The number of aromatic nitrogens is 1. The molecule has 9 nitrogen and oxygen atoms in total. The van der Waals surface area contributed by atoms with Gasteiger partial charge >= 0.3 is 14.3 Å². The van der Waals surface area contributed by atoms with Crippen LogP contribution < -0.4 is 15.0 Å². The van der Waals surface area contributed by atoms with E-state index in [1.165, 1.54) is 44.2 Å². The summed E-state index contributed by atoms with van der Waals surface area (Å²) in [5.41, 5.74) is 6.64. The summed E-state index contributed by atoms with van der Waals surface area (Å²) in [6, 6.07) is 14.7. The van der Waals surface area contributed by atoms with E-state index in [0.29, 0.717) is 22.9 Å². The number of nitrogens with one attached hydrogen (secondary N) is 1. The van der Waals surface area contributed by atoms with E-state index in [9.17, 15) is 13.0 Å². The zero-order valence-electron chi connectivity index (χ0n) is 19.4. The van der Waals surface area contributed by atoms with Gasteiger partial charge in [0.2, 0.25) is 0 Å². The molecule has 0 aliphatic carbocycles. The number of nitrogen functional groups attached to an aromatic ring is 1. The third kappa shape index (κ3) is 10.5. The van der Waals surface area contributed by atoms with Gasteiger partial charge in [-0.2, -0.15) is 4.98 Å². The summed E-state index contributed by atoms with van der Waals surface area (Å²) < 4.78 is 51.4. The monoisotopic (exact) mass is 496 g/mol. The second-order valence-electron chi connectivity index (χ2n) is 6.65. The van der Waals surface area contributed by atoms with E-state index in [2.05, 4.69) is 28.1 Å². The molecule has 0 fully saturated rings. The highest BCUT2D eigenvalue weighted by atomic mass is 32.2. The van der Waals surface area contributed by atoms with E-state index >= 15 is 0 Å².